The van der Waals surface area contributed by atoms with Crippen LogP contribution < -0.4 is 5.32 Å². The lowest BCUT2D eigenvalue weighted by Crippen LogP contribution is -2.34. The maximum Gasteiger partial charge on any atom is 0.00388 e. The summed E-state index contributed by atoms with van der Waals surface area (Å²) in [6.45, 7) is 5.68. The molecule has 0 saturated heterocycles. The Morgan fingerprint density at radius 3 is 2.93 bits per heavy atom. The van der Waals surface area contributed by atoms with Crippen LogP contribution >= 0.6 is 0 Å². The zero-order valence-corrected chi connectivity index (χ0v) is 9.79. The van der Waals surface area contributed by atoms with E-state index in [1.807, 2.05) is 0 Å². The van der Waals surface area contributed by atoms with Gasteiger partial charge < -0.3 is 5.32 Å². The van der Waals surface area contributed by atoms with Gasteiger partial charge in [-0.2, -0.15) is 0 Å². The van der Waals surface area contributed by atoms with E-state index in [0.717, 1.165) is 12.5 Å². The van der Waals surface area contributed by atoms with Crippen LogP contribution in [0.15, 0.2) is 24.3 Å². The van der Waals surface area contributed by atoms with Crippen LogP contribution in [0.3, 0.4) is 0 Å². The van der Waals surface area contributed by atoms with Crippen LogP contribution in [0, 0.1) is 0 Å². The van der Waals surface area contributed by atoms with Crippen molar-refractivity contribution in [3.8, 4) is 0 Å². The summed E-state index contributed by atoms with van der Waals surface area (Å²) in [5, 5.41) is 3.63. The molecule has 1 aliphatic rings. The van der Waals surface area contributed by atoms with Crippen molar-refractivity contribution in [2.24, 2.45) is 0 Å². The molecule has 1 nitrogen and oxygen atoms in total. The van der Waals surface area contributed by atoms with Gasteiger partial charge in [-0.3, -0.25) is 0 Å². The number of rotatable bonds is 5. The molecule has 1 aromatic rings. The summed E-state index contributed by atoms with van der Waals surface area (Å²) in [4.78, 5) is 0. The van der Waals surface area contributed by atoms with Gasteiger partial charge in [-0.05, 0) is 30.9 Å². The summed E-state index contributed by atoms with van der Waals surface area (Å²) in [5.74, 6) is 0.764. The van der Waals surface area contributed by atoms with Crippen LogP contribution in [0.25, 0.3) is 0 Å². The number of hydrogen-bond acceptors (Lipinski definition) is 1. The van der Waals surface area contributed by atoms with E-state index in [9.17, 15) is 0 Å². The van der Waals surface area contributed by atoms with Crippen molar-refractivity contribution in [3.05, 3.63) is 35.4 Å². The van der Waals surface area contributed by atoms with Crippen LogP contribution in [-0.2, 0) is 6.42 Å². The van der Waals surface area contributed by atoms with Crippen LogP contribution in [0.5, 0.6) is 0 Å². The maximum absolute atomic E-state index is 3.63. The molecular weight excluding hydrogens is 182 g/mol. The number of hydrogen-bond donors (Lipinski definition) is 1. The molecular formula is C14H21N. The van der Waals surface area contributed by atoms with Gasteiger partial charge in [0.1, 0.15) is 0 Å². The Bertz CT molecular complexity index is 319. The summed E-state index contributed by atoms with van der Waals surface area (Å²) < 4.78 is 0. The zero-order chi connectivity index (χ0) is 10.7. The van der Waals surface area contributed by atoms with Crippen LogP contribution in [0.4, 0.5) is 0 Å². The molecule has 1 heteroatoms. The van der Waals surface area contributed by atoms with E-state index >= 15 is 0 Å². The van der Waals surface area contributed by atoms with E-state index in [0.29, 0.717) is 6.04 Å². The summed E-state index contributed by atoms with van der Waals surface area (Å²) in [5.41, 5.74) is 3.11. The average molecular weight is 203 g/mol. The second-order valence-corrected chi connectivity index (χ2v) is 4.70. The molecule has 0 spiro atoms. The third-order valence-corrected chi connectivity index (χ3v) is 3.40. The second-order valence-electron chi connectivity index (χ2n) is 4.70. The highest BCUT2D eigenvalue weighted by Crippen LogP contribution is 2.34. The lowest BCUT2D eigenvalue weighted by atomic mass is 9.77. The molecule has 1 N–H and O–H groups in total. The molecule has 0 aromatic heterocycles. The molecule has 0 heterocycles. The Kier molecular flexibility index (Phi) is 3.42. The summed E-state index contributed by atoms with van der Waals surface area (Å²) >= 11 is 0. The summed E-state index contributed by atoms with van der Waals surface area (Å²) in [7, 11) is 0. The molecule has 2 rings (SSSR count). The highest BCUT2D eigenvalue weighted by Gasteiger charge is 2.24. The minimum atomic E-state index is 0.669. The molecule has 1 aliphatic carbocycles. The van der Waals surface area contributed by atoms with Crippen molar-refractivity contribution in [1.82, 2.24) is 5.32 Å². The Morgan fingerprint density at radius 1 is 1.40 bits per heavy atom. The smallest absolute Gasteiger partial charge is 0.00388 e. The van der Waals surface area contributed by atoms with Gasteiger partial charge in [-0.1, -0.05) is 37.6 Å². The highest BCUT2D eigenvalue weighted by atomic mass is 14.9. The first kappa shape index (κ1) is 10.7. The first-order valence-corrected chi connectivity index (χ1v) is 6.12. The standard InChI is InChI=1S/C14H21N/c1-3-6-11(2)15-10-13-9-12-7-4-5-8-14(12)13/h4-5,7-8,11,13,15H,3,6,9-10H2,1-2H3. The van der Waals surface area contributed by atoms with Gasteiger partial charge in [0.2, 0.25) is 0 Å². The van der Waals surface area contributed by atoms with Crippen LogP contribution in [0.2, 0.25) is 0 Å². The first-order valence-electron chi connectivity index (χ1n) is 6.12. The summed E-state index contributed by atoms with van der Waals surface area (Å²) in [6, 6.07) is 9.49. The molecule has 15 heavy (non-hydrogen) atoms. The van der Waals surface area contributed by atoms with E-state index in [-0.39, 0.29) is 0 Å². The fourth-order valence-corrected chi connectivity index (χ4v) is 2.42. The molecule has 0 saturated carbocycles. The number of fused-ring (bicyclic) bond motifs is 1. The van der Waals surface area contributed by atoms with Gasteiger partial charge >= 0.3 is 0 Å². The van der Waals surface area contributed by atoms with E-state index in [2.05, 4.69) is 43.4 Å². The predicted molar refractivity (Wildman–Crippen MR) is 65.3 cm³/mol. The first-order chi connectivity index (χ1) is 7.31. The zero-order valence-electron chi connectivity index (χ0n) is 9.79. The molecule has 0 radical (unpaired) electrons. The van der Waals surface area contributed by atoms with Gasteiger partial charge in [0.15, 0.2) is 0 Å². The van der Waals surface area contributed by atoms with Crippen molar-refractivity contribution in [1.29, 1.82) is 0 Å². The Morgan fingerprint density at radius 2 is 2.20 bits per heavy atom. The third-order valence-electron chi connectivity index (χ3n) is 3.40. The quantitative estimate of drug-likeness (QED) is 0.775. The van der Waals surface area contributed by atoms with Gasteiger partial charge in [0.05, 0.1) is 0 Å². The monoisotopic (exact) mass is 203 g/mol. The van der Waals surface area contributed by atoms with Gasteiger partial charge in [0, 0.05) is 18.5 Å². The maximum atomic E-state index is 3.63. The van der Waals surface area contributed by atoms with Crippen molar-refractivity contribution in [3.63, 3.8) is 0 Å². The molecule has 2 unspecified atom stereocenters. The SMILES string of the molecule is CCCC(C)NCC1Cc2ccccc21. The Hall–Kier alpha value is -0.820. The van der Waals surface area contributed by atoms with Crippen LogP contribution in [-0.4, -0.2) is 12.6 Å². The van der Waals surface area contributed by atoms with Crippen molar-refractivity contribution in [2.45, 2.75) is 45.1 Å². The van der Waals surface area contributed by atoms with E-state index < -0.39 is 0 Å². The van der Waals surface area contributed by atoms with Gasteiger partial charge in [0.25, 0.3) is 0 Å². The number of nitrogens with one attached hydrogen (secondary N) is 1. The number of benzene rings is 1. The Balaban J connectivity index is 1.80. The van der Waals surface area contributed by atoms with Gasteiger partial charge in [-0.25, -0.2) is 0 Å². The summed E-state index contributed by atoms with van der Waals surface area (Å²) in [6.07, 6.45) is 3.83. The Labute approximate surface area is 92.9 Å². The normalized spacial score (nSPS) is 20.5. The largest absolute Gasteiger partial charge is 0.314 e. The lowest BCUT2D eigenvalue weighted by Gasteiger charge is -2.31. The predicted octanol–water partition coefficient (Wildman–Crippen LogP) is 3.10. The fourth-order valence-electron chi connectivity index (χ4n) is 2.42. The van der Waals surface area contributed by atoms with E-state index in [4.69, 9.17) is 0 Å². The van der Waals surface area contributed by atoms with Gasteiger partial charge in [-0.15, -0.1) is 0 Å². The van der Waals surface area contributed by atoms with Crippen LogP contribution in [0.1, 0.15) is 43.7 Å². The van der Waals surface area contributed by atoms with E-state index in [1.54, 1.807) is 11.1 Å². The topological polar surface area (TPSA) is 12.0 Å². The van der Waals surface area contributed by atoms with Crippen molar-refractivity contribution in [2.75, 3.05) is 6.54 Å². The molecule has 1 aromatic carbocycles. The lowest BCUT2D eigenvalue weighted by molar-refractivity contribution is 0.458. The fraction of sp³-hybridized carbons (Fsp3) is 0.571. The van der Waals surface area contributed by atoms with E-state index in [1.165, 1.54) is 19.3 Å². The molecule has 0 amide bonds. The molecule has 2 atom stereocenters. The molecule has 0 aliphatic heterocycles. The minimum Gasteiger partial charge on any atom is -0.314 e. The molecule has 0 bridgehead atoms. The second kappa shape index (κ2) is 4.80. The van der Waals surface area contributed by atoms with Crippen molar-refractivity contribution < 1.29 is 0 Å². The molecule has 82 valence electrons. The third kappa shape index (κ3) is 2.40. The molecule has 0 fully saturated rings. The van der Waals surface area contributed by atoms with Crippen molar-refractivity contribution >= 4 is 0 Å². The highest BCUT2D eigenvalue weighted by molar-refractivity contribution is 5.40. The minimum absolute atomic E-state index is 0.669. The average Bonchev–Trinajstić information content (AvgIpc) is 2.20.